The normalized spacial score (nSPS) is 10.2. The van der Waals surface area contributed by atoms with Gasteiger partial charge in [0.25, 0.3) is 5.91 Å². The van der Waals surface area contributed by atoms with Crippen molar-refractivity contribution in [3.05, 3.63) is 94.5 Å². The maximum atomic E-state index is 12.1. The summed E-state index contributed by atoms with van der Waals surface area (Å²) in [5.41, 5.74) is 2.37. The third-order valence-electron chi connectivity index (χ3n) is 4.04. The van der Waals surface area contributed by atoms with Gasteiger partial charge in [-0.2, -0.15) is 0 Å². The lowest BCUT2D eigenvalue weighted by Gasteiger charge is -2.10. The predicted octanol–water partition coefficient (Wildman–Crippen LogP) is 4.89. The fourth-order valence-electron chi connectivity index (χ4n) is 2.58. The van der Waals surface area contributed by atoms with E-state index < -0.39 is 6.09 Å². The number of ether oxygens (including phenoxy) is 2. The van der Waals surface area contributed by atoms with Crippen LogP contribution in [-0.2, 0) is 22.7 Å². The molecule has 7 heteroatoms. The van der Waals surface area contributed by atoms with E-state index in [4.69, 9.17) is 9.47 Å². The van der Waals surface area contributed by atoms with Crippen LogP contribution >= 0.6 is 15.9 Å². The molecule has 0 fully saturated rings. The fraction of sp³-hybridized carbons (Fsp3) is 0.130. The molecular formula is C23H21BrN2O4. The molecule has 3 rings (SSSR count). The number of carbonyl (C=O) groups is 2. The lowest BCUT2D eigenvalue weighted by atomic mass is 10.2. The topological polar surface area (TPSA) is 76.7 Å². The lowest BCUT2D eigenvalue weighted by Crippen LogP contribution is -2.24. The summed E-state index contributed by atoms with van der Waals surface area (Å²) in [4.78, 5) is 24.0. The van der Waals surface area contributed by atoms with Crippen LogP contribution < -0.4 is 15.4 Å². The van der Waals surface area contributed by atoms with Crippen molar-refractivity contribution >= 4 is 33.6 Å². The number of hydrogen-bond donors (Lipinski definition) is 2. The highest BCUT2D eigenvalue weighted by molar-refractivity contribution is 9.10. The van der Waals surface area contributed by atoms with E-state index in [9.17, 15) is 9.59 Å². The minimum absolute atomic E-state index is 0.101. The molecule has 0 radical (unpaired) electrons. The molecule has 3 aromatic rings. The van der Waals surface area contributed by atoms with E-state index in [1.165, 1.54) is 0 Å². The highest BCUT2D eigenvalue weighted by atomic mass is 79.9. The average Bonchev–Trinajstić information content (AvgIpc) is 2.77. The van der Waals surface area contributed by atoms with E-state index >= 15 is 0 Å². The second kappa shape index (κ2) is 11.0. The Hall–Kier alpha value is -3.32. The molecule has 2 amide bonds. The minimum Gasteiger partial charge on any atom is -0.484 e. The number of alkyl carbamates (subject to hydrolysis) is 1. The van der Waals surface area contributed by atoms with E-state index in [0.29, 0.717) is 11.4 Å². The van der Waals surface area contributed by atoms with Gasteiger partial charge in [-0.05, 0) is 47.5 Å². The van der Waals surface area contributed by atoms with Crippen LogP contribution in [0.25, 0.3) is 0 Å². The highest BCUT2D eigenvalue weighted by Crippen LogP contribution is 2.16. The molecule has 30 heavy (non-hydrogen) atoms. The van der Waals surface area contributed by atoms with Gasteiger partial charge in [0.05, 0.1) is 0 Å². The summed E-state index contributed by atoms with van der Waals surface area (Å²) in [5.74, 6) is 0.339. The van der Waals surface area contributed by atoms with Gasteiger partial charge < -0.3 is 20.1 Å². The zero-order chi connectivity index (χ0) is 21.2. The van der Waals surface area contributed by atoms with Gasteiger partial charge in [0.1, 0.15) is 12.4 Å². The second-order valence-corrected chi connectivity index (χ2v) is 7.32. The van der Waals surface area contributed by atoms with E-state index in [1.807, 2.05) is 48.5 Å². The van der Waals surface area contributed by atoms with Crippen LogP contribution in [0.15, 0.2) is 83.3 Å². The summed E-state index contributed by atoms with van der Waals surface area (Å²) < 4.78 is 11.6. The van der Waals surface area contributed by atoms with Crippen LogP contribution in [0, 0.1) is 0 Å². The van der Waals surface area contributed by atoms with Crippen molar-refractivity contribution in [3.63, 3.8) is 0 Å². The number of anilines is 1. The summed E-state index contributed by atoms with van der Waals surface area (Å²) in [7, 11) is 0. The summed E-state index contributed by atoms with van der Waals surface area (Å²) >= 11 is 3.35. The number of benzene rings is 3. The highest BCUT2D eigenvalue weighted by Gasteiger charge is 2.06. The number of halogens is 1. The fourth-order valence-corrected chi connectivity index (χ4v) is 2.85. The molecule has 0 spiro atoms. The van der Waals surface area contributed by atoms with Crippen molar-refractivity contribution in [2.75, 3.05) is 11.9 Å². The molecule has 0 bridgehead atoms. The predicted molar refractivity (Wildman–Crippen MR) is 118 cm³/mol. The molecule has 154 valence electrons. The Morgan fingerprint density at radius 2 is 1.60 bits per heavy atom. The zero-order valence-electron chi connectivity index (χ0n) is 16.1. The molecule has 0 aromatic heterocycles. The first-order chi connectivity index (χ1) is 14.6. The van der Waals surface area contributed by atoms with Gasteiger partial charge in [0.15, 0.2) is 6.61 Å². The molecule has 2 N–H and O–H groups in total. The minimum atomic E-state index is -0.504. The van der Waals surface area contributed by atoms with Crippen LogP contribution in [0.1, 0.15) is 11.1 Å². The number of rotatable bonds is 8. The van der Waals surface area contributed by atoms with Crippen molar-refractivity contribution in [1.82, 2.24) is 5.32 Å². The summed E-state index contributed by atoms with van der Waals surface area (Å²) in [6.07, 6.45) is -0.504. The molecule has 6 nitrogen and oxygen atoms in total. The molecule has 0 saturated carbocycles. The first-order valence-corrected chi connectivity index (χ1v) is 10.1. The smallest absolute Gasteiger partial charge is 0.407 e. The Kier molecular flexibility index (Phi) is 7.86. The van der Waals surface area contributed by atoms with Crippen molar-refractivity contribution in [1.29, 1.82) is 0 Å². The van der Waals surface area contributed by atoms with Crippen LogP contribution in [0.4, 0.5) is 10.5 Å². The molecule has 0 unspecified atom stereocenters. The summed E-state index contributed by atoms with van der Waals surface area (Å²) in [5, 5.41) is 5.48. The molecule has 0 saturated heterocycles. The van der Waals surface area contributed by atoms with Crippen LogP contribution in [0.5, 0.6) is 5.75 Å². The Labute approximate surface area is 183 Å². The average molecular weight is 469 g/mol. The lowest BCUT2D eigenvalue weighted by molar-refractivity contribution is -0.118. The Morgan fingerprint density at radius 3 is 2.37 bits per heavy atom. The molecule has 0 atom stereocenters. The summed E-state index contributed by atoms with van der Waals surface area (Å²) in [6.45, 7) is 0.393. The van der Waals surface area contributed by atoms with Crippen LogP contribution in [0.3, 0.4) is 0 Å². The number of nitrogens with one attached hydrogen (secondary N) is 2. The van der Waals surface area contributed by atoms with E-state index in [2.05, 4.69) is 26.6 Å². The van der Waals surface area contributed by atoms with Gasteiger partial charge in [-0.1, -0.05) is 58.4 Å². The SMILES string of the molecule is O=C(COc1ccc(Br)cc1)Nc1cccc(CNC(=O)OCc2ccccc2)c1. The maximum absolute atomic E-state index is 12.1. The van der Waals surface area contributed by atoms with Crippen LogP contribution in [0.2, 0.25) is 0 Å². The van der Waals surface area contributed by atoms with Crippen LogP contribution in [-0.4, -0.2) is 18.6 Å². The Bertz CT molecular complexity index is 978. The van der Waals surface area contributed by atoms with Gasteiger partial charge in [0.2, 0.25) is 0 Å². The van der Waals surface area contributed by atoms with E-state index in [-0.39, 0.29) is 25.7 Å². The first-order valence-electron chi connectivity index (χ1n) is 9.30. The number of hydrogen-bond acceptors (Lipinski definition) is 4. The quantitative estimate of drug-likeness (QED) is 0.493. The Balaban J connectivity index is 1.42. The van der Waals surface area contributed by atoms with Gasteiger partial charge >= 0.3 is 6.09 Å². The molecule has 0 aliphatic rings. The largest absolute Gasteiger partial charge is 0.484 e. The van der Waals surface area contributed by atoms with Crippen molar-refractivity contribution in [2.24, 2.45) is 0 Å². The number of carbonyl (C=O) groups excluding carboxylic acids is 2. The molecule has 3 aromatic carbocycles. The third kappa shape index (κ3) is 7.25. The molecule has 0 aliphatic carbocycles. The monoisotopic (exact) mass is 468 g/mol. The maximum Gasteiger partial charge on any atom is 0.407 e. The van der Waals surface area contributed by atoms with E-state index in [0.717, 1.165) is 15.6 Å². The van der Waals surface area contributed by atoms with Gasteiger partial charge in [-0.3, -0.25) is 4.79 Å². The third-order valence-corrected chi connectivity index (χ3v) is 4.57. The molecule has 0 aliphatic heterocycles. The van der Waals surface area contributed by atoms with Crippen molar-refractivity contribution in [3.8, 4) is 5.75 Å². The van der Waals surface area contributed by atoms with Gasteiger partial charge in [0, 0.05) is 16.7 Å². The van der Waals surface area contributed by atoms with E-state index in [1.54, 1.807) is 30.3 Å². The van der Waals surface area contributed by atoms with Gasteiger partial charge in [-0.25, -0.2) is 4.79 Å². The zero-order valence-corrected chi connectivity index (χ0v) is 17.7. The summed E-state index contributed by atoms with van der Waals surface area (Å²) in [6, 6.07) is 23.9. The van der Waals surface area contributed by atoms with Crippen molar-refractivity contribution in [2.45, 2.75) is 13.2 Å². The molecule has 0 heterocycles. The van der Waals surface area contributed by atoms with Crippen molar-refractivity contribution < 1.29 is 19.1 Å². The second-order valence-electron chi connectivity index (χ2n) is 6.41. The van der Waals surface area contributed by atoms with Gasteiger partial charge in [-0.15, -0.1) is 0 Å². The number of amides is 2. The standard InChI is InChI=1S/C23H21BrN2O4/c24-19-9-11-21(12-10-19)29-16-22(27)26-20-8-4-7-18(13-20)14-25-23(28)30-15-17-5-2-1-3-6-17/h1-13H,14-16H2,(H,25,28)(H,26,27). The Morgan fingerprint density at radius 1 is 0.867 bits per heavy atom. The molecular weight excluding hydrogens is 448 g/mol. The first kappa shape index (κ1) is 21.4.